The van der Waals surface area contributed by atoms with E-state index in [0.717, 1.165) is 0 Å². The summed E-state index contributed by atoms with van der Waals surface area (Å²) in [6.45, 7) is 12.5. The van der Waals surface area contributed by atoms with Crippen molar-refractivity contribution in [3.63, 3.8) is 0 Å². The summed E-state index contributed by atoms with van der Waals surface area (Å²) in [7, 11) is 0. The highest BCUT2D eigenvalue weighted by molar-refractivity contribution is 4.35. The molecule has 0 nitrogen and oxygen atoms in total. The second-order valence-electron chi connectivity index (χ2n) is 2.06. The first-order valence-electron chi connectivity index (χ1n) is 5.41. The minimum atomic E-state index is 1.36. The van der Waals surface area contributed by atoms with E-state index in [2.05, 4.69) is 13.8 Å². The van der Waals surface area contributed by atoms with Crippen molar-refractivity contribution in [2.24, 2.45) is 0 Å². The van der Waals surface area contributed by atoms with E-state index in [-0.39, 0.29) is 0 Å². The van der Waals surface area contributed by atoms with Crippen LogP contribution < -0.4 is 0 Å². The van der Waals surface area contributed by atoms with Crippen LogP contribution in [0.15, 0.2) is 0 Å². The average Bonchev–Trinajstić information content (AvgIpc) is 2.13. The lowest BCUT2D eigenvalue weighted by Crippen LogP contribution is -1.70. The molecule has 0 aliphatic heterocycles. The Morgan fingerprint density at radius 3 is 1.00 bits per heavy atom. The van der Waals surface area contributed by atoms with Crippen molar-refractivity contribution >= 4 is 0 Å². The maximum Gasteiger partial charge on any atom is -0.0533 e. The number of rotatable bonds is 4. The second kappa shape index (κ2) is 32.4. The van der Waals surface area contributed by atoms with Gasteiger partial charge in [0.25, 0.3) is 0 Å². The predicted molar refractivity (Wildman–Crippen MR) is 57.1 cm³/mol. The molecule has 0 saturated heterocycles. The largest absolute Gasteiger partial charge is 0.0683 e. The molecule has 0 heteroatoms. The molecule has 11 heavy (non-hydrogen) atoms. The predicted octanol–water partition coefficient (Wildman–Crippen LogP) is 5.03. The molecule has 0 amide bonds. The molecule has 0 N–H and O–H groups in total. The van der Waals surface area contributed by atoms with Gasteiger partial charge in [0.15, 0.2) is 0 Å². The van der Waals surface area contributed by atoms with Gasteiger partial charge in [-0.15, -0.1) is 0 Å². The normalized spacial score (nSPS) is 7.09. The molecule has 0 aromatic rings. The lowest BCUT2D eigenvalue weighted by Gasteiger charge is -1.90. The first-order chi connectivity index (χ1) is 5.41. The third kappa shape index (κ3) is 40.0. The van der Waals surface area contributed by atoms with Crippen LogP contribution in [0.2, 0.25) is 0 Å². The van der Waals surface area contributed by atoms with Crippen molar-refractivity contribution in [3.05, 3.63) is 0 Å². The van der Waals surface area contributed by atoms with E-state index in [1.54, 1.807) is 0 Å². The molecule has 0 bridgehead atoms. The highest BCUT2D eigenvalue weighted by atomic mass is 13.9. The zero-order valence-corrected chi connectivity index (χ0v) is 9.54. The van der Waals surface area contributed by atoms with Gasteiger partial charge in [0.1, 0.15) is 0 Å². The SMILES string of the molecule is CC.CC.CCCCCCC. The van der Waals surface area contributed by atoms with Gasteiger partial charge in [-0.25, -0.2) is 0 Å². The molecule has 0 rings (SSSR count). The highest BCUT2D eigenvalue weighted by Crippen LogP contribution is 2.00. The van der Waals surface area contributed by atoms with Crippen molar-refractivity contribution in [2.45, 2.75) is 73.6 Å². The van der Waals surface area contributed by atoms with Crippen LogP contribution in [0.3, 0.4) is 0 Å². The van der Waals surface area contributed by atoms with Crippen LogP contribution in [-0.4, -0.2) is 0 Å². The molecule has 72 valence electrons. The van der Waals surface area contributed by atoms with Gasteiger partial charge in [0, 0.05) is 0 Å². The third-order valence-electron chi connectivity index (χ3n) is 1.21. The molecule has 0 aromatic heterocycles. The van der Waals surface area contributed by atoms with Gasteiger partial charge in [0.2, 0.25) is 0 Å². The molecule has 0 heterocycles. The summed E-state index contributed by atoms with van der Waals surface area (Å²) < 4.78 is 0. The molecule has 0 spiro atoms. The van der Waals surface area contributed by atoms with Crippen molar-refractivity contribution in [1.29, 1.82) is 0 Å². The summed E-state index contributed by atoms with van der Waals surface area (Å²) in [6, 6.07) is 0. The van der Waals surface area contributed by atoms with Crippen LogP contribution in [0, 0.1) is 0 Å². The van der Waals surface area contributed by atoms with Crippen molar-refractivity contribution < 1.29 is 0 Å². The molecular formula is C11H28. The molecule has 0 saturated carbocycles. The monoisotopic (exact) mass is 160 g/mol. The fourth-order valence-corrected chi connectivity index (χ4v) is 0.677. The van der Waals surface area contributed by atoms with Gasteiger partial charge in [-0.3, -0.25) is 0 Å². The maximum absolute atomic E-state index is 2.25. The number of hydrogen-bond donors (Lipinski definition) is 0. The van der Waals surface area contributed by atoms with Crippen LogP contribution in [0.25, 0.3) is 0 Å². The van der Waals surface area contributed by atoms with Gasteiger partial charge in [-0.1, -0.05) is 73.6 Å². The van der Waals surface area contributed by atoms with E-state index < -0.39 is 0 Å². The van der Waals surface area contributed by atoms with Crippen LogP contribution in [-0.2, 0) is 0 Å². The smallest absolute Gasteiger partial charge is 0.0533 e. The lowest BCUT2D eigenvalue weighted by molar-refractivity contribution is 0.656. The Kier molecular flexibility index (Phi) is 50.6. The summed E-state index contributed by atoms with van der Waals surface area (Å²) in [5.74, 6) is 0. The average molecular weight is 160 g/mol. The molecule has 0 radical (unpaired) electrons. The lowest BCUT2D eigenvalue weighted by atomic mass is 10.2. The van der Waals surface area contributed by atoms with Gasteiger partial charge < -0.3 is 0 Å². The topological polar surface area (TPSA) is 0 Å². The fraction of sp³-hybridized carbons (Fsp3) is 1.00. The van der Waals surface area contributed by atoms with E-state index in [0.29, 0.717) is 0 Å². The van der Waals surface area contributed by atoms with Crippen LogP contribution in [0.1, 0.15) is 73.6 Å². The highest BCUT2D eigenvalue weighted by Gasteiger charge is 1.80. The van der Waals surface area contributed by atoms with Crippen molar-refractivity contribution in [2.75, 3.05) is 0 Å². The quantitative estimate of drug-likeness (QED) is 0.506. The maximum atomic E-state index is 2.25. The minimum absolute atomic E-state index is 1.36. The van der Waals surface area contributed by atoms with Gasteiger partial charge in [-0.05, 0) is 0 Å². The minimum Gasteiger partial charge on any atom is -0.0683 e. The van der Waals surface area contributed by atoms with E-state index in [9.17, 15) is 0 Å². The Bertz CT molecular complexity index is 19.2. The summed E-state index contributed by atoms with van der Waals surface area (Å²) in [5, 5.41) is 0. The van der Waals surface area contributed by atoms with E-state index >= 15 is 0 Å². The Hall–Kier alpha value is 0. The van der Waals surface area contributed by atoms with Gasteiger partial charge in [0.05, 0.1) is 0 Å². The van der Waals surface area contributed by atoms with Crippen LogP contribution >= 0.6 is 0 Å². The molecule has 0 unspecified atom stereocenters. The van der Waals surface area contributed by atoms with E-state index in [4.69, 9.17) is 0 Å². The standard InChI is InChI=1S/C7H16.2C2H6/c1-3-5-7-6-4-2;2*1-2/h3-7H2,1-2H3;2*1-2H3. The molecule has 0 atom stereocenters. The summed E-state index contributed by atoms with van der Waals surface area (Å²) in [6.07, 6.45) is 7.01. The van der Waals surface area contributed by atoms with Crippen molar-refractivity contribution in [3.8, 4) is 0 Å². The van der Waals surface area contributed by atoms with Crippen LogP contribution in [0.5, 0.6) is 0 Å². The Labute approximate surface area is 74.4 Å². The molecule has 0 fully saturated rings. The van der Waals surface area contributed by atoms with Crippen molar-refractivity contribution in [1.82, 2.24) is 0 Å². The van der Waals surface area contributed by atoms with Gasteiger partial charge in [-0.2, -0.15) is 0 Å². The zero-order chi connectivity index (χ0) is 9.54. The van der Waals surface area contributed by atoms with Gasteiger partial charge >= 0.3 is 0 Å². The first-order valence-corrected chi connectivity index (χ1v) is 5.41. The summed E-state index contributed by atoms with van der Waals surface area (Å²) in [5.41, 5.74) is 0. The Balaban J connectivity index is -0.000000138. The Morgan fingerprint density at radius 2 is 0.818 bits per heavy atom. The zero-order valence-electron chi connectivity index (χ0n) is 9.54. The third-order valence-corrected chi connectivity index (χ3v) is 1.21. The summed E-state index contributed by atoms with van der Waals surface area (Å²) in [4.78, 5) is 0. The molecule has 0 aromatic carbocycles. The van der Waals surface area contributed by atoms with E-state index in [1.807, 2.05) is 27.7 Å². The fourth-order valence-electron chi connectivity index (χ4n) is 0.677. The molecular weight excluding hydrogens is 132 g/mol. The first kappa shape index (κ1) is 17.2. The number of unbranched alkanes of at least 4 members (excludes halogenated alkanes) is 4. The summed E-state index contributed by atoms with van der Waals surface area (Å²) >= 11 is 0. The molecule has 0 aliphatic rings. The molecule has 0 aliphatic carbocycles. The number of hydrogen-bond acceptors (Lipinski definition) is 0. The Morgan fingerprint density at radius 1 is 0.545 bits per heavy atom. The van der Waals surface area contributed by atoms with E-state index in [1.165, 1.54) is 32.1 Å². The van der Waals surface area contributed by atoms with Crippen LogP contribution in [0.4, 0.5) is 0 Å². The second-order valence-corrected chi connectivity index (χ2v) is 2.06.